The van der Waals surface area contributed by atoms with E-state index in [1.165, 1.54) is 26.4 Å². The third kappa shape index (κ3) is 3.30. The Labute approximate surface area is 172 Å². The normalized spacial score (nSPS) is 16.5. The van der Waals surface area contributed by atoms with Crippen LogP contribution in [0, 0.1) is 17.1 Å². The summed E-state index contributed by atoms with van der Waals surface area (Å²) >= 11 is 0. The highest BCUT2D eigenvalue weighted by Gasteiger charge is 2.47. The number of hydrogen-bond donors (Lipinski definition) is 1. The van der Waals surface area contributed by atoms with Crippen molar-refractivity contribution in [3.8, 4) is 11.9 Å². The summed E-state index contributed by atoms with van der Waals surface area (Å²) in [7, 11) is 1.51. The van der Waals surface area contributed by atoms with Crippen molar-refractivity contribution in [2.75, 3.05) is 12.4 Å². The topological polar surface area (TPSA) is 83.7 Å². The molecule has 8 heteroatoms. The lowest BCUT2D eigenvalue weighted by Crippen LogP contribution is -2.13. The number of nitriles is 1. The van der Waals surface area contributed by atoms with Crippen LogP contribution in [0.4, 0.5) is 14.6 Å². The van der Waals surface area contributed by atoms with Gasteiger partial charge in [0.15, 0.2) is 5.65 Å². The third-order valence-corrected chi connectivity index (χ3v) is 5.57. The Morgan fingerprint density at radius 2 is 1.97 bits per heavy atom. The van der Waals surface area contributed by atoms with Crippen LogP contribution in [0.1, 0.15) is 55.6 Å². The van der Waals surface area contributed by atoms with Gasteiger partial charge in [-0.3, -0.25) is 0 Å². The maximum atomic E-state index is 14.8. The van der Waals surface area contributed by atoms with E-state index in [2.05, 4.69) is 26.3 Å². The van der Waals surface area contributed by atoms with Crippen molar-refractivity contribution < 1.29 is 13.5 Å². The number of anilines is 1. The first-order chi connectivity index (χ1) is 14.4. The maximum Gasteiger partial charge on any atom is 0.220 e. The first kappa shape index (κ1) is 20.0. The smallest absolute Gasteiger partial charge is 0.220 e. The Morgan fingerprint density at radius 3 is 2.60 bits per heavy atom. The Morgan fingerprint density at radius 1 is 1.23 bits per heavy atom. The average Bonchev–Trinajstić information content (AvgIpc) is 3.54. The number of ether oxygens (including phenoxy) is 1. The number of benzene rings is 1. The molecule has 2 heterocycles. The van der Waals surface area contributed by atoms with Crippen LogP contribution in [0.5, 0.6) is 5.88 Å². The van der Waals surface area contributed by atoms with Crippen molar-refractivity contribution in [3.05, 3.63) is 53.1 Å². The average molecular weight is 409 g/mol. The molecule has 0 spiro atoms. The van der Waals surface area contributed by atoms with Crippen LogP contribution < -0.4 is 10.1 Å². The van der Waals surface area contributed by atoms with Crippen LogP contribution in [0.3, 0.4) is 0 Å². The molecule has 1 N–H and O–H groups in total. The molecule has 2 atom stereocenters. The molecule has 3 aromatic rings. The number of nitrogens with zero attached hydrogens (tertiary/aromatic N) is 4. The summed E-state index contributed by atoms with van der Waals surface area (Å²) < 4.78 is 33.9. The van der Waals surface area contributed by atoms with E-state index in [0.717, 1.165) is 12.8 Å². The zero-order valence-corrected chi connectivity index (χ0v) is 16.9. The molecule has 0 bridgehead atoms. The van der Waals surface area contributed by atoms with Crippen LogP contribution in [-0.4, -0.2) is 22.1 Å². The summed E-state index contributed by atoms with van der Waals surface area (Å²) in [6.45, 7) is 3.08. The molecule has 1 fully saturated rings. The summed E-state index contributed by atoms with van der Waals surface area (Å²) in [5, 5.41) is 13.4. The van der Waals surface area contributed by atoms with Crippen LogP contribution in [0.2, 0.25) is 0 Å². The number of rotatable bonds is 6. The number of methoxy groups -OCH3 is 1. The summed E-state index contributed by atoms with van der Waals surface area (Å²) in [4.78, 5) is 13.0. The molecule has 154 valence electrons. The van der Waals surface area contributed by atoms with Crippen LogP contribution in [0.15, 0.2) is 30.6 Å². The zero-order valence-electron chi connectivity index (χ0n) is 16.9. The highest BCUT2D eigenvalue weighted by molar-refractivity contribution is 5.88. The van der Waals surface area contributed by atoms with E-state index in [-0.39, 0.29) is 5.56 Å². The van der Waals surface area contributed by atoms with Crippen molar-refractivity contribution in [2.45, 2.75) is 44.3 Å². The van der Waals surface area contributed by atoms with Gasteiger partial charge in [0.2, 0.25) is 5.88 Å². The predicted octanol–water partition coefficient (Wildman–Crippen LogP) is 4.93. The van der Waals surface area contributed by atoms with E-state index >= 15 is 0 Å². The van der Waals surface area contributed by atoms with Gasteiger partial charge in [-0.15, -0.1) is 0 Å². The van der Waals surface area contributed by atoms with E-state index in [9.17, 15) is 14.0 Å². The molecule has 1 aromatic carbocycles. The molecule has 0 radical (unpaired) electrons. The maximum absolute atomic E-state index is 14.8. The molecule has 6 nitrogen and oxygen atoms in total. The van der Waals surface area contributed by atoms with Gasteiger partial charge in [-0.05, 0) is 32.8 Å². The van der Waals surface area contributed by atoms with Gasteiger partial charge in [0.25, 0.3) is 0 Å². The first-order valence-corrected chi connectivity index (χ1v) is 9.70. The van der Waals surface area contributed by atoms with Gasteiger partial charge in [0.1, 0.15) is 24.1 Å². The lowest BCUT2D eigenvalue weighted by atomic mass is 9.97. The van der Waals surface area contributed by atoms with Gasteiger partial charge < -0.3 is 10.1 Å². The summed E-state index contributed by atoms with van der Waals surface area (Å²) in [6, 6.07) is 8.38. The quantitative estimate of drug-likeness (QED) is 0.621. The van der Waals surface area contributed by atoms with Crippen LogP contribution in [-0.2, 0) is 5.41 Å². The zero-order chi connectivity index (χ0) is 21.5. The summed E-state index contributed by atoms with van der Waals surface area (Å²) in [6.07, 6.45) is 1.42. The predicted molar refractivity (Wildman–Crippen MR) is 108 cm³/mol. The molecule has 2 aromatic heterocycles. The Balaban J connectivity index is 1.76. The first-order valence-electron chi connectivity index (χ1n) is 9.70. The minimum atomic E-state index is -1.41. The van der Waals surface area contributed by atoms with Gasteiger partial charge in [0, 0.05) is 16.7 Å². The fourth-order valence-corrected chi connectivity index (χ4v) is 3.64. The van der Waals surface area contributed by atoms with E-state index < -0.39 is 23.4 Å². The molecular weight excluding hydrogens is 388 g/mol. The Hall–Kier alpha value is -3.34. The summed E-state index contributed by atoms with van der Waals surface area (Å²) in [5.41, 5.74) is 0.849. The third-order valence-electron chi connectivity index (χ3n) is 5.57. The van der Waals surface area contributed by atoms with Gasteiger partial charge in [0.05, 0.1) is 30.0 Å². The molecule has 1 aliphatic carbocycles. The lowest BCUT2D eigenvalue weighted by Gasteiger charge is -2.19. The molecule has 30 heavy (non-hydrogen) atoms. The van der Waals surface area contributed by atoms with E-state index in [1.54, 1.807) is 19.1 Å². The number of halogens is 2. The number of aromatic nitrogens is 3. The van der Waals surface area contributed by atoms with Gasteiger partial charge in [-0.2, -0.15) is 10.2 Å². The lowest BCUT2D eigenvalue weighted by molar-refractivity contribution is 0.360. The fourth-order valence-electron chi connectivity index (χ4n) is 3.64. The molecular formula is C22H21F2N5O. The number of pyridine rings is 1. The molecule has 1 aliphatic rings. The minimum Gasteiger partial charge on any atom is -0.481 e. The molecule has 0 saturated heterocycles. The largest absolute Gasteiger partial charge is 0.481 e. The van der Waals surface area contributed by atoms with E-state index in [0.29, 0.717) is 33.9 Å². The molecule has 1 saturated carbocycles. The standard InChI is InChI=1S/C22H21F2N5O/c1-12(23)14-5-4-6-15(18(14)24)13(2)28-19-16-9-17(22(10-25)7-8-22)21(30-3)29-20(16)27-11-26-19/h4-6,9,11-13H,7-8H2,1-3H3,(H,26,27,28,29)/t12?,13-/m1/s1. The molecule has 0 amide bonds. The van der Waals surface area contributed by atoms with Gasteiger partial charge >= 0.3 is 0 Å². The second kappa shape index (κ2) is 7.48. The van der Waals surface area contributed by atoms with E-state index in [4.69, 9.17) is 4.74 Å². The van der Waals surface area contributed by atoms with Crippen LogP contribution >= 0.6 is 0 Å². The monoisotopic (exact) mass is 409 g/mol. The van der Waals surface area contributed by atoms with Gasteiger partial charge in [-0.1, -0.05) is 18.2 Å². The van der Waals surface area contributed by atoms with Crippen molar-refractivity contribution in [2.24, 2.45) is 0 Å². The highest BCUT2D eigenvalue weighted by atomic mass is 19.1. The van der Waals surface area contributed by atoms with Crippen molar-refractivity contribution in [3.63, 3.8) is 0 Å². The van der Waals surface area contributed by atoms with Crippen molar-refractivity contribution >= 4 is 16.9 Å². The molecule has 4 rings (SSSR count). The second-order valence-electron chi connectivity index (χ2n) is 7.57. The Kier molecular flexibility index (Phi) is 4.98. The van der Waals surface area contributed by atoms with Crippen molar-refractivity contribution in [1.82, 2.24) is 15.0 Å². The fraction of sp³-hybridized carbons (Fsp3) is 0.364. The van der Waals surface area contributed by atoms with E-state index in [1.807, 2.05) is 6.07 Å². The second-order valence-corrected chi connectivity index (χ2v) is 7.57. The summed E-state index contributed by atoms with van der Waals surface area (Å²) in [5.74, 6) is 0.249. The number of nitrogens with one attached hydrogen (secondary N) is 1. The molecule has 0 aliphatic heterocycles. The van der Waals surface area contributed by atoms with Crippen molar-refractivity contribution in [1.29, 1.82) is 5.26 Å². The minimum absolute atomic E-state index is 0.0204. The Bertz CT molecular complexity index is 1150. The number of fused-ring (bicyclic) bond motifs is 1. The molecule has 1 unspecified atom stereocenters. The highest BCUT2D eigenvalue weighted by Crippen LogP contribution is 2.51. The number of hydrogen-bond acceptors (Lipinski definition) is 6. The van der Waals surface area contributed by atoms with Gasteiger partial charge in [-0.25, -0.2) is 18.7 Å². The SMILES string of the molecule is COc1nc2ncnc(N[C@H](C)c3cccc(C(C)F)c3F)c2cc1C1(C#N)CC1. The number of alkyl halides is 1. The van der Waals surface area contributed by atoms with Crippen LogP contribution in [0.25, 0.3) is 11.0 Å².